The predicted molar refractivity (Wildman–Crippen MR) is 122 cm³/mol. The predicted octanol–water partition coefficient (Wildman–Crippen LogP) is 5.02. The quantitative estimate of drug-likeness (QED) is 0.609. The number of hydrogen-bond donors (Lipinski definition) is 1. The van der Waals surface area contributed by atoms with Gasteiger partial charge >= 0.3 is 0 Å². The molecule has 0 radical (unpaired) electrons. The van der Waals surface area contributed by atoms with E-state index < -0.39 is 0 Å². The lowest BCUT2D eigenvalue weighted by molar-refractivity contribution is -0.121. The van der Waals surface area contributed by atoms with Crippen LogP contribution in [0.15, 0.2) is 53.1 Å². The Morgan fingerprint density at radius 1 is 1.23 bits per heavy atom. The zero-order chi connectivity index (χ0) is 21.8. The molecule has 6 nitrogen and oxygen atoms in total. The molecule has 1 N–H and O–H groups in total. The molecule has 31 heavy (non-hydrogen) atoms. The number of amides is 1. The molecule has 1 atom stereocenters. The molecule has 162 valence electrons. The Morgan fingerprint density at radius 3 is 2.77 bits per heavy atom. The van der Waals surface area contributed by atoms with Crippen LogP contribution < -0.4 is 5.32 Å². The first kappa shape index (κ1) is 21.2. The number of nitrogens with zero attached hydrogens (tertiary/aromatic N) is 3. The van der Waals surface area contributed by atoms with E-state index in [-0.39, 0.29) is 11.8 Å². The Labute approximate surface area is 183 Å². The summed E-state index contributed by atoms with van der Waals surface area (Å²) in [5, 5.41) is 7.21. The molecule has 1 saturated heterocycles. The number of piperidine rings is 1. The van der Waals surface area contributed by atoms with Gasteiger partial charge in [-0.15, -0.1) is 0 Å². The van der Waals surface area contributed by atoms with Gasteiger partial charge in [-0.1, -0.05) is 54.9 Å². The molecular formula is C25H30N4O2. The smallest absolute Gasteiger partial charge is 0.241 e. The first-order chi connectivity index (χ1) is 15.0. The fraction of sp³-hybridized carbons (Fsp3) is 0.400. The molecule has 1 fully saturated rings. The van der Waals surface area contributed by atoms with Gasteiger partial charge in [0.1, 0.15) is 0 Å². The normalized spacial score (nSPS) is 17.1. The van der Waals surface area contributed by atoms with Crippen molar-refractivity contribution in [3.63, 3.8) is 0 Å². The largest absolute Gasteiger partial charge is 0.338 e. The summed E-state index contributed by atoms with van der Waals surface area (Å²) in [7, 11) is 0. The number of rotatable bonds is 6. The molecule has 6 heteroatoms. The van der Waals surface area contributed by atoms with Gasteiger partial charge in [-0.25, -0.2) is 0 Å². The van der Waals surface area contributed by atoms with Crippen LogP contribution in [0.1, 0.15) is 49.6 Å². The number of benzene rings is 2. The number of likely N-dealkylation sites (tertiary alicyclic amines) is 1. The molecule has 0 bridgehead atoms. The summed E-state index contributed by atoms with van der Waals surface area (Å²) in [6.45, 7) is 8.55. The molecule has 1 aromatic heterocycles. The fourth-order valence-electron chi connectivity index (χ4n) is 4.02. The highest BCUT2D eigenvalue weighted by Crippen LogP contribution is 2.23. The third-order valence-electron chi connectivity index (χ3n) is 5.82. The Bertz CT molecular complexity index is 1030. The highest BCUT2D eigenvalue weighted by atomic mass is 16.5. The van der Waals surface area contributed by atoms with E-state index in [1.54, 1.807) is 0 Å². The van der Waals surface area contributed by atoms with Crippen molar-refractivity contribution in [2.24, 2.45) is 5.92 Å². The van der Waals surface area contributed by atoms with E-state index in [1.807, 2.05) is 43.3 Å². The first-order valence-corrected chi connectivity index (χ1v) is 11.0. The maximum atomic E-state index is 12.8. The average Bonchev–Trinajstić information content (AvgIpc) is 3.23. The molecule has 1 unspecified atom stereocenters. The summed E-state index contributed by atoms with van der Waals surface area (Å²) >= 11 is 0. The standard InChI is InChI=1S/C25H30N4O2/c1-17(2)19-9-11-22(12-10-19)26-25(30)21-8-5-13-29(15-21)16-23-27-24(28-31-23)20-7-4-6-18(3)14-20/h4,6-7,9-12,14,17,21H,5,8,13,15-16H2,1-3H3,(H,26,30). The number of aryl methyl sites for hydroxylation is 1. The van der Waals surface area contributed by atoms with Crippen LogP contribution in [0, 0.1) is 12.8 Å². The highest BCUT2D eigenvalue weighted by molar-refractivity contribution is 5.92. The molecular weight excluding hydrogens is 388 g/mol. The van der Waals surface area contributed by atoms with Gasteiger partial charge in [0, 0.05) is 17.8 Å². The van der Waals surface area contributed by atoms with E-state index >= 15 is 0 Å². The second kappa shape index (κ2) is 9.43. The van der Waals surface area contributed by atoms with Gasteiger partial charge in [0.05, 0.1) is 12.5 Å². The van der Waals surface area contributed by atoms with Gasteiger partial charge < -0.3 is 9.84 Å². The molecule has 4 rings (SSSR count). The van der Waals surface area contributed by atoms with Crippen LogP contribution in [0.4, 0.5) is 5.69 Å². The minimum atomic E-state index is -0.0438. The average molecular weight is 419 g/mol. The minimum Gasteiger partial charge on any atom is -0.338 e. The summed E-state index contributed by atoms with van der Waals surface area (Å²) in [5.74, 6) is 1.70. The SMILES string of the molecule is Cc1cccc(-c2noc(CN3CCCC(C(=O)Nc4ccc(C(C)C)cc4)C3)n2)c1. The zero-order valence-corrected chi connectivity index (χ0v) is 18.5. The maximum absolute atomic E-state index is 12.8. The fourth-order valence-corrected chi connectivity index (χ4v) is 4.02. The van der Waals surface area contributed by atoms with Crippen LogP contribution in [0.25, 0.3) is 11.4 Å². The Hall–Kier alpha value is -2.99. The number of aromatic nitrogens is 2. The van der Waals surface area contributed by atoms with Crippen LogP contribution in [0.3, 0.4) is 0 Å². The molecule has 0 saturated carbocycles. The van der Waals surface area contributed by atoms with Crippen molar-refractivity contribution in [3.05, 3.63) is 65.5 Å². The Kier molecular flexibility index (Phi) is 6.47. The van der Waals surface area contributed by atoms with Crippen LogP contribution >= 0.6 is 0 Å². The van der Waals surface area contributed by atoms with Crippen LogP contribution in [-0.4, -0.2) is 34.0 Å². The molecule has 0 aliphatic carbocycles. The molecule has 1 aliphatic rings. The lowest BCUT2D eigenvalue weighted by atomic mass is 9.97. The van der Waals surface area contributed by atoms with E-state index in [2.05, 4.69) is 46.3 Å². The van der Waals surface area contributed by atoms with Gasteiger partial charge in [-0.05, 0) is 56.0 Å². The minimum absolute atomic E-state index is 0.0438. The molecule has 1 amide bonds. The topological polar surface area (TPSA) is 71.3 Å². The zero-order valence-electron chi connectivity index (χ0n) is 18.5. The lowest BCUT2D eigenvalue weighted by Gasteiger charge is -2.30. The van der Waals surface area contributed by atoms with Crippen molar-refractivity contribution in [3.8, 4) is 11.4 Å². The van der Waals surface area contributed by atoms with Crippen molar-refractivity contribution in [2.75, 3.05) is 18.4 Å². The van der Waals surface area contributed by atoms with Crippen molar-refractivity contribution < 1.29 is 9.32 Å². The second-order valence-corrected chi connectivity index (χ2v) is 8.72. The highest BCUT2D eigenvalue weighted by Gasteiger charge is 2.27. The molecule has 0 spiro atoms. The number of carbonyl (C=O) groups is 1. The van der Waals surface area contributed by atoms with Crippen LogP contribution in [0.2, 0.25) is 0 Å². The van der Waals surface area contributed by atoms with Gasteiger partial charge in [-0.3, -0.25) is 9.69 Å². The molecule has 1 aliphatic heterocycles. The van der Waals surface area contributed by atoms with Gasteiger partial charge in [0.2, 0.25) is 17.6 Å². The third-order valence-corrected chi connectivity index (χ3v) is 5.82. The van der Waals surface area contributed by atoms with E-state index in [1.165, 1.54) is 5.56 Å². The number of nitrogens with one attached hydrogen (secondary N) is 1. The summed E-state index contributed by atoms with van der Waals surface area (Å²) < 4.78 is 5.48. The summed E-state index contributed by atoms with van der Waals surface area (Å²) in [5.41, 5.74) is 4.24. The monoisotopic (exact) mass is 418 g/mol. The Balaban J connectivity index is 1.34. The molecule has 3 aromatic rings. The molecule has 2 heterocycles. The number of carbonyl (C=O) groups excluding carboxylic acids is 1. The van der Waals surface area contributed by atoms with Crippen molar-refractivity contribution in [1.82, 2.24) is 15.0 Å². The molecule has 2 aromatic carbocycles. The number of hydrogen-bond acceptors (Lipinski definition) is 5. The number of anilines is 1. The van der Waals surface area contributed by atoms with Crippen LogP contribution in [0.5, 0.6) is 0 Å². The van der Waals surface area contributed by atoms with Crippen molar-refractivity contribution in [1.29, 1.82) is 0 Å². The van der Waals surface area contributed by atoms with E-state index in [0.29, 0.717) is 30.7 Å². The second-order valence-electron chi connectivity index (χ2n) is 8.72. The van der Waals surface area contributed by atoms with E-state index in [9.17, 15) is 4.79 Å². The van der Waals surface area contributed by atoms with Crippen LogP contribution in [-0.2, 0) is 11.3 Å². The Morgan fingerprint density at radius 2 is 2.03 bits per heavy atom. The summed E-state index contributed by atoms with van der Waals surface area (Å²) in [6, 6.07) is 16.2. The summed E-state index contributed by atoms with van der Waals surface area (Å²) in [4.78, 5) is 19.6. The van der Waals surface area contributed by atoms with Gasteiger partial charge in [0.15, 0.2) is 0 Å². The first-order valence-electron chi connectivity index (χ1n) is 11.0. The third kappa shape index (κ3) is 5.39. The maximum Gasteiger partial charge on any atom is 0.241 e. The van der Waals surface area contributed by atoms with E-state index in [4.69, 9.17) is 4.52 Å². The lowest BCUT2D eigenvalue weighted by Crippen LogP contribution is -2.40. The van der Waals surface area contributed by atoms with Crippen molar-refractivity contribution >= 4 is 11.6 Å². The van der Waals surface area contributed by atoms with Gasteiger partial charge in [0.25, 0.3) is 0 Å². The van der Waals surface area contributed by atoms with E-state index in [0.717, 1.165) is 36.2 Å². The summed E-state index contributed by atoms with van der Waals surface area (Å²) in [6.07, 6.45) is 1.87. The van der Waals surface area contributed by atoms with Gasteiger partial charge in [-0.2, -0.15) is 4.98 Å². The van der Waals surface area contributed by atoms with Crippen molar-refractivity contribution in [2.45, 2.75) is 46.1 Å².